The molecular formula is C21H21N3OS. The van der Waals surface area contributed by atoms with E-state index < -0.39 is 0 Å². The maximum atomic E-state index is 13.4. The first-order valence-electron chi connectivity index (χ1n) is 9.30. The molecule has 0 spiro atoms. The summed E-state index contributed by atoms with van der Waals surface area (Å²) in [5.41, 5.74) is 3.46. The first kappa shape index (κ1) is 15.8. The van der Waals surface area contributed by atoms with Gasteiger partial charge in [-0.05, 0) is 61.6 Å². The highest BCUT2D eigenvalue weighted by Gasteiger charge is 2.34. The molecule has 0 saturated heterocycles. The summed E-state index contributed by atoms with van der Waals surface area (Å²) in [4.78, 5) is 22.3. The number of thiophene rings is 1. The lowest BCUT2D eigenvalue weighted by atomic mass is 9.99. The van der Waals surface area contributed by atoms with Crippen molar-refractivity contribution in [2.24, 2.45) is 0 Å². The number of carbonyl (C=O) groups excluding carboxylic acids is 1. The van der Waals surface area contributed by atoms with Crippen molar-refractivity contribution in [3.8, 4) is 0 Å². The Morgan fingerprint density at radius 1 is 1.12 bits per heavy atom. The lowest BCUT2D eigenvalue weighted by molar-refractivity contribution is 0.0665. The molecule has 0 saturated carbocycles. The molecule has 5 rings (SSSR count). The van der Waals surface area contributed by atoms with Crippen LogP contribution in [0.1, 0.15) is 50.4 Å². The van der Waals surface area contributed by atoms with Gasteiger partial charge in [0.15, 0.2) is 0 Å². The van der Waals surface area contributed by atoms with E-state index in [0.29, 0.717) is 6.54 Å². The topological polar surface area (TPSA) is 38.1 Å². The van der Waals surface area contributed by atoms with Crippen LogP contribution in [-0.4, -0.2) is 26.9 Å². The van der Waals surface area contributed by atoms with Crippen LogP contribution < -0.4 is 0 Å². The van der Waals surface area contributed by atoms with E-state index in [2.05, 4.69) is 33.9 Å². The van der Waals surface area contributed by atoms with Crippen molar-refractivity contribution in [1.29, 1.82) is 0 Å². The van der Waals surface area contributed by atoms with Gasteiger partial charge in [-0.25, -0.2) is 0 Å². The summed E-state index contributed by atoms with van der Waals surface area (Å²) in [7, 11) is 0. The fraction of sp³-hybridized carbons (Fsp3) is 0.333. The molecule has 4 nitrogen and oxygen atoms in total. The standard InChI is InChI=1S/C21H21N3OS/c25-21(19-14-15-6-1-2-9-18(15)26-19)24-13-12-23-11-5-8-17(23)20(24)16-7-3-4-10-22-16/h3-5,7-8,10-11,14,20H,1-2,6,9,12-13H2/t20-/m0/s1. The summed E-state index contributed by atoms with van der Waals surface area (Å²) in [6.45, 7) is 1.55. The van der Waals surface area contributed by atoms with Gasteiger partial charge in [-0.15, -0.1) is 11.3 Å². The van der Waals surface area contributed by atoms with Crippen LogP contribution in [0.3, 0.4) is 0 Å². The van der Waals surface area contributed by atoms with E-state index in [9.17, 15) is 4.79 Å². The number of fused-ring (bicyclic) bond motifs is 2. The summed E-state index contributed by atoms with van der Waals surface area (Å²) in [6.07, 6.45) is 8.63. The number of aryl methyl sites for hydroxylation is 2. The van der Waals surface area contributed by atoms with Crippen LogP contribution in [0.4, 0.5) is 0 Å². The second-order valence-electron chi connectivity index (χ2n) is 7.05. The summed E-state index contributed by atoms with van der Waals surface area (Å²) in [5, 5.41) is 0. The normalized spacial score (nSPS) is 19.1. The van der Waals surface area contributed by atoms with Gasteiger partial charge in [-0.1, -0.05) is 6.07 Å². The number of pyridine rings is 1. The first-order chi connectivity index (χ1) is 12.8. The van der Waals surface area contributed by atoms with Crippen molar-refractivity contribution in [1.82, 2.24) is 14.5 Å². The molecule has 0 radical (unpaired) electrons. The van der Waals surface area contributed by atoms with Crippen LogP contribution in [0.5, 0.6) is 0 Å². The van der Waals surface area contributed by atoms with Crippen molar-refractivity contribution in [3.05, 3.63) is 75.5 Å². The number of carbonyl (C=O) groups is 1. The molecule has 0 N–H and O–H groups in total. The Kier molecular flexibility index (Phi) is 3.89. The summed E-state index contributed by atoms with van der Waals surface area (Å²) >= 11 is 1.70. The summed E-state index contributed by atoms with van der Waals surface area (Å²) in [5.74, 6) is 0.146. The van der Waals surface area contributed by atoms with Crippen molar-refractivity contribution >= 4 is 17.2 Å². The quantitative estimate of drug-likeness (QED) is 0.688. The van der Waals surface area contributed by atoms with E-state index in [1.807, 2.05) is 29.3 Å². The molecule has 26 heavy (non-hydrogen) atoms. The van der Waals surface area contributed by atoms with Gasteiger partial charge in [0, 0.05) is 36.1 Å². The maximum Gasteiger partial charge on any atom is 0.264 e. The van der Waals surface area contributed by atoms with Crippen LogP contribution in [0.15, 0.2) is 48.8 Å². The Morgan fingerprint density at radius 2 is 2.04 bits per heavy atom. The number of nitrogens with zero attached hydrogens (tertiary/aromatic N) is 3. The Labute approximate surface area is 157 Å². The van der Waals surface area contributed by atoms with Crippen LogP contribution in [0, 0.1) is 0 Å². The van der Waals surface area contributed by atoms with Gasteiger partial charge in [-0.2, -0.15) is 0 Å². The molecule has 4 heterocycles. The van der Waals surface area contributed by atoms with Gasteiger partial charge >= 0.3 is 0 Å². The minimum absolute atomic E-state index is 0.119. The van der Waals surface area contributed by atoms with Crippen molar-refractivity contribution in [3.63, 3.8) is 0 Å². The third-order valence-corrected chi connectivity index (χ3v) is 6.70. The van der Waals surface area contributed by atoms with Crippen LogP contribution in [0.2, 0.25) is 0 Å². The lowest BCUT2D eigenvalue weighted by Gasteiger charge is -2.36. The Balaban J connectivity index is 1.54. The Hall–Kier alpha value is -2.40. The average molecular weight is 363 g/mol. The van der Waals surface area contributed by atoms with E-state index in [0.717, 1.165) is 35.7 Å². The maximum absolute atomic E-state index is 13.4. The van der Waals surface area contributed by atoms with E-state index in [1.54, 1.807) is 11.3 Å². The predicted octanol–water partition coefficient (Wildman–Crippen LogP) is 4.07. The zero-order chi connectivity index (χ0) is 17.5. The number of rotatable bonds is 2. The minimum atomic E-state index is -0.119. The summed E-state index contributed by atoms with van der Waals surface area (Å²) in [6, 6.07) is 12.1. The van der Waals surface area contributed by atoms with Crippen LogP contribution in [-0.2, 0) is 19.4 Å². The second kappa shape index (κ2) is 6.40. The third-order valence-electron chi connectivity index (χ3n) is 5.47. The average Bonchev–Trinajstić information content (AvgIpc) is 3.33. The fourth-order valence-corrected chi connectivity index (χ4v) is 5.40. The molecule has 132 valence electrons. The molecule has 2 aliphatic rings. The largest absolute Gasteiger partial charge is 0.347 e. The second-order valence-corrected chi connectivity index (χ2v) is 8.19. The summed E-state index contributed by atoms with van der Waals surface area (Å²) < 4.78 is 2.24. The molecule has 3 aromatic heterocycles. The lowest BCUT2D eigenvalue weighted by Crippen LogP contribution is -2.42. The highest BCUT2D eigenvalue weighted by atomic mass is 32.1. The van der Waals surface area contributed by atoms with Crippen LogP contribution in [0.25, 0.3) is 0 Å². The van der Waals surface area contributed by atoms with Crippen molar-refractivity contribution < 1.29 is 4.79 Å². The van der Waals surface area contributed by atoms with Gasteiger partial charge < -0.3 is 9.47 Å². The molecule has 1 aliphatic heterocycles. The molecule has 1 aliphatic carbocycles. The van der Waals surface area contributed by atoms with Crippen molar-refractivity contribution in [2.45, 2.75) is 38.3 Å². The SMILES string of the molecule is O=C(c1cc2c(s1)CCCC2)N1CCn2cccc2[C@@H]1c1ccccn1. The molecule has 0 aromatic carbocycles. The molecule has 0 unspecified atom stereocenters. The van der Waals surface area contributed by atoms with E-state index in [1.165, 1.54) is 23.3 Å². The van der Waals surface area contributed by atoms with Crippen molar-refractivity contribution in [2.75, 3.05) is 6.54 Å². The fourth-order valence-electron chi connectivity index (χ4n) is 4.19. The Morgan fingerprint density at radius 3 is 2.88 bits per heavy atom. The molecule has 5 heteroatoms. The van der Waals surface area contributed by atoms with Gasteiger partial charge in [-0.3, -0.25) is 9.78 Å². The van der Waals surface area contributed by atoms with E-state index in [-0.39, 0.29) is 11.9 Å². The molecule has 1 atom stereocenters. The molecule has 3 aromatic rings. The zero-order valence-corrected chi connectivity index (χ0v) is 15.4. The third kappa shape index (κ3) is 2.58. The van der Waals surface area contributed by atoms with E-state index >= 15 is 0 Å². The highest BCUT2D eigenvalue weighted by Crippen LogP contribution is 2.35. The van der Waals surface area contributed by atoms with Gasteiger partial charge in [0.05, 0.1) is 10.6 Å². The van der Waals surface area contributed by atoms with E-state index in [4.69, 9.17) is 0 Å². The minimum Gasteiger partial charge on any atom is -0.347 e. The molecule has 0 fully saturated rings. The number of aromatic nitrogens is 2. The first-order valence-corrected chi connectivity index (χ1v) is 10.1. The number of hydrogen-bond acceptors (Lipinski definition) is 3. The highest BCUT2D eigenvalue weighted by molar-refractivity contribution is 7.14. The zero-order valence-electron chi connectivity index (χ0n) is 14.6. The predicted molar refractivity (Wildman–Crippen MR) is 103 cm³/mol. The number of hydrogen-bond donors (Lipinski definition) is 0. The van der Waals surface area contributed by atoms with Gasteiger partial charge in [0.1, 0.15) is 6.04 Å². The van der Waals surface area contributed by atoms with Gasteiger partial charge in [0.2, 0.25) is 0 Å². The number of amides is 1. The molecular weight excluding hydrogens is 342 g/mol. The van der Waals surface area contributed by atoms with Gasteiger partial charge in [0.25, 0.3) is 5.91 Å². The smallest absolute Gasteiger partial charge is 0.264 e. The monoisotopic (exact) mass is 363 g/mol. The molecule has 1 amide bonds. The van der Waals surface area contributed by atoms with Crippen LogP contribution >= 0.6 is 11.3 Å². The molecule has 0 bridgehead atoms. The Bertz CT molecular complexity index is 920.